The van der Waals surface area contributed by atoms with Gasteiger partial charge in [-0.3, -0.25) is 9.48 Å². The first-order valence-electron chi connectivity index (χ1n) is 8.66. The number of nitrogens with zero attached hydrogens (tertiary/aromatic N) is 2. The molecule has 1 heterocycles. The number of amides is 1. The van der Waals surface area contributed by atoms with Gasteiger partial charge in [0.25, 0.3) is 0 Å². The third-order valence-corrected chi connectivity index (χ3v) is 4.36. The second-order valence-corrected chi connectivity index (χ2v) is 7.10. The van der Waals surface area contributed by atoms with E-state index in [1.165, 1.54) is 5.56 Å². The van der Waals surface area contributed by atoms with Crippen LogP contribution in [0.2, 0.25) is 0 Å². The monoisotopic (exact) mass is 327 g/mol. The van der Waals surface area contributed by atoms with Crippen molar-refractivity contribution in [1.29, 1.82) is 0 Å². The van der Waals surface area contributed by atoms with Gasteiger partial charge in [-0.1, -0.05) is 43.7 Å². The topological polar surface area (TPSA) is 46.9 Å². The van der Waals surface area contributed by atoms with E-state index in [1.54, 1.807) is 0 Å². The van der Waals surface area contributed by atoms with E-state index < -0.39 is 0 Å². The van der Waals surface area contributed by atoms with Gasteiger partial charge in [-0.15, -0.1) is 0 Å². The van der Waals surface area contributed by atoms with E-state index in [4.69, 9.17) is 0 Å². The van der Waals surface area contributed by atoms with Gasteiger partial charge in [-0.05, 0) is 39.2 Å². The fraction of sp³-hybridized carbons (Fsp3) is 0.500. The summed E-state index contributed by atoms with van der Waals surface area (Å²) in [6.45, 7) is 13.3. The van der Waals surface area contributed by atoms with E-state index in [-0.39, 0.29) is 11.9 Å². The molecule has 0 aliphatic carbocycles. The molecule has 1 atom stereocenters. The van der Waals surface area contributed by atoms with E-state index in [2.05, 4.69) is 55.5 Å². The summed E-state index contributed by atoms with van der Waals surface area (Å²) in [5.74, 6) is 0.574. The summed E-state index contributed by atoms with van der Waals surface area (Å²) < 4.78 is 2.02. The zero-order chi connectivity index (χ0) is 17.9. The van der Waals surface area contributed by atoms with Crippen molar-refractivity contribution in [3.63, 3.8) is 0 Å². The van der Waals surface area contributed by atoms with Crippen molar-refractivity contribution >= 4 is 5.91 Å². The van der Waals surface area contributed by atoms with Gasteiger partial charge in [0.1, 0.15) is 0 Å². The lowest BCUT2D eigenvalue weighted by atomic mass is 10.1. The number of benzene rings is 1. The quantitative estimate of drug-likeness (QED) is 0.875. The van der Waals surface area contributed by atoms with Crippen LogP contribution in [0.15, 0.2) is 24.3 Å². The second-order valence-electron chi connectivity index (χ2n) is 7.10. The highest BCUT2D eigenvalue weighted by atomic mass is 16.1. The van der Waals surface area contributed by atoms with Gasteiger partial charge in [0, 0.05) is 17.8 Å². The van der Waals surface area contributed by atoms with Crippen molar-refractivity contribution in [1.82, 2.24) is 15.1 Å². The minimum Gasteiger partial charge on any atom is -0.349 e. The molecule has 0 spiro atoms. The Morgan fingerprint density at radius 3 is 2.33 bits per heavy atom. The van der Waals surface area contributed by atoms with E-state index in [9.17, 15) is 4.79 Å². The van der Waals surface area contributed by atoms with Crippen molar-refractivity contribution in [2.75, 3.05) is 0 Å². The number of carbonyl (C=O) groups is 1. The lowest BCUT2D eigenvalue weighted by Crippen LogP contribution is -2.28. The van der Waals surface area contributed by atoms with Gasteiger partial charge < -0.3 is 5.32 Å². The molecule has 4 nitrogen and oxygen atoms in total. The molecule has 2 rings (SSSR count). The van der Waals surface area contributed by atoms with Gasteiger partial charge >= 0.3 is 0 Å². The molecule has 0 bridgehead atoms. The predicted molar refractivity (Wildman–Crippen MR) is 98.0 cm³/mol. The molecule has 1 aromatic carbocycles. The van der Waals surface area contributed by atoms with Crippen molar-refractivity contribution in [2.24, 2.45) is 5.92 Å². The zero-order valence-corrected chi connectivity index (χ0v) is 15.7. The Hall–Kier alpha value is -2.10. The van der Waals surface area contributed by atoms with E-state index in [0.717, 1.165) is 29.1 Å². The second kappa shape index (κ2) is 7.65. The molecule has 0 fully saturated rings. The summed E-state index contributed by atoms with van der Waals surface area (Å²) in [4.78, 5) is 12.5. The minimum absolute atomic E-state index is 0.00409. The first-order chi connectivity index (χ1) is 11.3. The van der Waals surface area contributed by atoms with E-state index >= 15 is 0 Å². The summed E-state index contributed by atoms with van der Waals surface area (Å²) in [6.07, 6.45) is 0.381. The highest BCUT2D eigenvalue weighted by molar-refractivity contribution is 5.79. The maximum Gasteiger partial charge on any atom is 0.225 e. The van der Waals surface area contributed by atoms with Gasteiger partial charge in [-0.25, -0.2) is 0 Å². The molecule has 4 heteroatoms. The van der Waals surface area contributed by atoms with E-state index in [1.807, 2.05) is 25.5 Å². The third-order valence-electron chi connectivity index (χ3n) is 4.36. The molecule has 24 heavy (non-hydrogen) atoms. The zero-order valence-electron chi connectivity index (χ0n) is 15.7. The highest BCUT2D eigenvalue weighted by Crippen LogP contribution is 2.17. The predicted octanol–water partition coefficient (Wildman–Crippen LogP) is 3.88. The van der Waals surface area contributed by atoms with Crippen LogP contribution in [-0.2, 0) is 17.8 Å². The number of hydrogen-bond acceptors (Lipinski definition) is 2. The Labute approximate surface area is 145 Å². The van der Waals surface area contributed by atoms with E-state index in [0.29, 0.717) is 12.3 Å². The average molecular weight is 327 g/mol. The molecule has 1 unspecified atom stereocenters. The largest absolute Gasteiger partial charge is 0.349 e. The third kappa shape index (κ3) is 4.47. The molecule has 0 saturated heterocycles. The fourth-order valence-corrected chi connectivity index (χ4v) is 2.91. The Bertz CT molecular complexity index is 698. The summed E-state index contributed by atoms with van der Waals surface area (Å²) in [5, 5.41) is 7.68. The van der Waals surface area contributed by atoms with Crippen LogP contribution >= 0.6 is 0 Å². The Balaban J connectivity index is 2.04. The number of nitrogens with one attached hydrogen (secondary N) is 1. The molecular formula is C20H29N3O. The Morgan fingerprint density at radius 2 is 1.75 bits per heavy atom. The molecular weight excluding hydrogens is 298 g/mol. The van der Waals surface area contributed by atoms with Crippen molar-refractivity contribution < 1.29 is 4.79 Å². The van der Waals surface area contributed by atoms with Gasteiger partial charge in [0.15, 0.2) is 0 Å². The van der Waals surface area contributed by atoms with Crippen LogP contribution in [0.1, 0.15) is 54.9 Å². The van der Waals surface area contributed by atoms with Crippen LogP contribution in [0.3, 0.4) is 0 Å². The van der Waals surface area contributed by atoms with Crippen LogP contribution < -0.4 is 5.32 Å². The van der Waals surface area contributed by atoms with Crippen LogP contribution in [-0.4, -0.2) is 15.7 Å². The summed E-state index contributed by atoms with van der Waals surface area (Å²) in [6, 6.07) is 8.28. The molecule has 0 saturated carbocycles. The smallest absolute Gasteiger partial charge is 0.225 e. The number of aryl methyl sites for hydroxylation is 2. The number of aromatic nitrogens is 2. The minimum atomic E-state index is 0.00409. The summed E-state index contributed by atoms with van der Waals surface area (Å²) in [7, 11) is 0. The normalized spacial score (nSPS) is 12.5. The first-order valence-corrected chi connectivity index (χ1v) is 8.66. The lowest BCUT2D eigenvalue weighted by Gasteiger charge is -2.15. The van der Waals surface area contributed by atoms with Crippen molar-refractivity contribution in [2.45, 2.75) is 60.5 Å². The maximum atomic E-state index is 12.5. The van der Waals surface area contributed by atoms with Crippen molar-refractivity contribution in [3.05, 3.63) is 52.3 Å². The molecule has 0 aliphatic heterocycles. The number of carbonyl (C=O) groups excluding carboxylic acids is 1. The highest BCUT2D eigenvalue weighted by Gasteiger charge is 2.17. The maximum absolute atomic E-state index is 12.5. The van der Waals surface area contributed by atoms with Gasteiger partial charge in [0.05, 0.1) is 18.2 Å². The first kappa shape index (κ1) is 18.2. The fourth-order valence-electron chi connectivity index (χ4n) is 2.91. The number of rotatable bonds is 6. The van der Waals surface area contributed by atoms with Crippen LogP contribution in [0, 0.1) is 26.7 Å². The molecule has 1 N–H and O–H groups in total. The summed E-state index contributed by atoms with van der Waals surface area (Å²) >= 11 is 0. The van der Waals surface area contributed by atoms with Crippen LogP contribution in [0.25, 0.3) is 0 Å². The van der Waals surface area contributed by atoms with Crippen molar-refractivity contribution in [3.8, 4) is 0 Å². The van der Waals surface area contributed by atoms with Gasteiger partial charge in [-0.2, -0.15) is 5.10 Å². The molecule has 1 aromatic heterocycles. The summed E-state index contributed by atoms with van der Waals surface area (Å²) in [5.41, 5.74) is 5.44. The number of hydrogen-bond donors (Lipinski definition) is 1. The Kier molecular flexibility index (Phi) is 5.81. The lowest BCUT2D eigenvalue weighted by molar-refractivity contribution is -0.121. The molecule has 1 amide bonds. The average Bonchev–Trinajstić information content (AvgIpc) is 2.74. The van der Waals surface area contributed by atoms with Crippen LogP contribution in [0.4, 0.5) is 0 Å². The molecule has 0 aliphatic rings. The molecule has 0 radical (unpaired) electrons. The molecule has 2 aromatic rings. The molecule has 130 valence electrons. The van der Waals surface area contributed by atoms with Crippen LogP contribution in [0.5, 0.6) is 0 Å². The van der Waals surface area contributed by atoms with Gasteiger partial charge in [0.2, 0.25) is 5.91 Å². The SMILES string of the molecule is Cc1ccc(C(C)NC(=O)Cc2c(C)nn(CC(C)C)c2C)cc1. The standard InChI is InChI=1S/C20H29N3O/c1-13(2)12-23-17(6)19(16(5)22-23)11-20(24)21-15(4)18-9-7-14(3)8-10-18/h7-10,13,15H,11-12H2,1-6H3,(H,21,24). The Morgan fingerprint density at radius 1 is 1.12 bits per heavy atom.